The second-order valence-corrected chi connectivity index (χ2v) is 4.21. The Bertz CT molecular complexity index is 520. The summed E-state index contributed by atoms with van der Waals surface area (Å²) in [5.41, 5.74) is 1.85. The van der Waals surface area contributed by atoms with Crippen LogP contribution in [0.5, 0.6) is 0 Å². The number of hydrogen-bond donors (Lipinski definition) is 0. The van der Waals surface area contributed by atoms with Gasteiger partial charge in [-0.15, -0.1) is 0 Å². The Hall–Kier alpha value is -2.17. The van der Waals surface area contributed by atoms with E-state index in [1.807, 2.05) is 13.0 Å². The fraction of sp³-hybridized carbons (Fsp3) is 0.357. The zero-order chi connectivity index (χ0) is 14.4. The molecule has 0 spiro atoms. The zero-order valence-electron chi connectivity index (χ0n) is 11.3. The topological polar surface area (TPSA) is 69.4 Å². The molecule has 0 aliphatic rings. The fourth-order valence-corrected chi connectivity index (χ4v) is 1.74. The molecule has 1 aromatic carbocycles. The summed E-state index contributed by atoms with van der Waals surface area (Å²) in [5, 5.41) is 10.6. The van der Waals surface area contributed by atoms with E-state index in [1.165, 1.54) is 20.1 Å². The van der Waals surface area contributed by atoms with E-state index in [4.69, 9.17) is 4.74 Å². The first-order valence-corrected chi connectivity index (χ1v) is 6.03. The summed E-state index contributed by atoms with van der Waals surface area (Å²) in [6.45, 7) is 3.43. The molecule has 0 saturated carbocycles. The quantitative estimate of drug-likeness (QED) is 0.465. The highest BCUT2D eigenvalue weighted by molar-refractivity contribution is 5.93. The molecule has 19 heavy (non-hydrogen) atoms. The Balaban J connectivity index is 3.27. The molecule has 0 amide bonds. The van der Waals surface area contributed by atoms with E-state index in [2.05, 4.69) is 0 Å². The van der Waals surface area contributed by atoms with Crippen LogP contribution >= 0.6 is 0 Å². The van der Waals surface area contributed by atoms with Crippen LogP contribution in [0.2, 0.25) is 0 Å². The van der Waals surface area contributed by atoms with Crippen molar-refractivity contribution in [2.45, 2.75) is 26.7 Å². The van der Waals surface area contributed by atoms with E-state index in [0.29, 0.717) is 11.1 Å². The molecule has 0 aliphatic carbocycles. The Labute approximate surface area is 112 Å². The highest BCUT2D eigenvalue weighted by Crippen LogP contribution is 2.18. The van der Waals surface area contributed by atoms with Gasteiger partial charge in [-0.3, -0.25) is 10.1 Å². The molecule has 0 heterocycles. The number of benzene rings is 1. The second kappa shape index (κ2) is 6.68. The Morgan fingerprint density at radius 1 is 1.47 bits per heavy atom. The van der Waals surface area contributed by atoms with Gasteiger partial charge in [-0.05, 0) is 23.6 Å². The standard InChI is InChI=1S/C14H17NO4/c1-4-5-11-6-7-12(8-10(2)15(17)18)13(9-11)14(16)19-3/h6-9H,4-5H2,1-3H3/b10-8+. The minimum atomic E-state index is -0.486. The van der Waals surface area contributed by atoms with Crippen LogP contribution in [-0.4, -0.2) is 18.0 Å². The van der Waals surface area contributed by atoms with Crippen LogP contribution in [0.4, 0.5) is 0 Å². The van der Waals surface area contributed by atoms with Crippen molar-refractivity contribution < 1.29 is 14.5 Å². The van der Waals surface area contributed by atoms with Gasteiger partial charge in [0.1, 0.15) is 0 Å². The fourth-order valence-electron chi connectivity index (χ4n) is 1.74. The Morgan fingerprint density at radius 2 is 2.16 bits per heavy atom. The summed E-state index contributed by atoms with van der Waals surface area (Å²) < 4.78 is 4.71. The van der Waals surface area contributed by atoms with Gasteiger partial charge in [0.05, 0.1) is 17.6 Å². The van der Waals surface area contributed by atoms with Crippen LogP contribution in [-0.2, 0) is 11.2 Å². The molecule has 0 radical (unpaired) electrons. The van der Waals surface area contributed by atoms with E-state index in [0.717, 1.165) is 18.4 Å². The Morgan fingerprint density at radius 3 is 2.68 bits per heavy atom. The summed E-state index contributed by atoms with van der Waals surface area (Å²) in [5.74, 6) is -0.486. The molecule has 0 fully saturated rings. The third kappa shape index (κ3) is 3.91. The number of allylic oxidation sites excluding steroid dienone is 1. The molecular weight excluding hydrogens is 246 g/mol. The van der Waals surface area contributed by atoms with E-state index in [-0.39, 0.29) is 5.70 Å². The molecule has 0 atom stereocenters. The molecule has 0 unspecified atom stereocenters. The van der Waals surface area contributed by atoms with Crippen molar-refractivity contribution in [1.82, 2.24) is 0 Å². The summed E-state index contributed by atoms with van der Waals surface area (Å²) in [6, 6.07) is 5.31. The minimum absolute atomic E-state index is 0.0200. The summed E-state index contributed by atoms with van der Waals surface area (Å²) in [4.78, 5) is 21.9. The maximum Gasteiger partial charge on any atom is 0.338 e. The summed E-state index contributed by atoms with van der Waals surface area (Å²) in [6.07, 6.45) is 3.19. The van der Waals surface area contributed by atoms with Crippen molar-refractivity contribution in [1.29, 1.82) is 0 Å². The molecular formula is C14H17NO4. The number of aryl methyl sites for hydroxylation is 1. The third-order valence-corrected chi connectivity index (χ3v) is 2.71. The summed E-state index contributed by atoms with van der Waals surface area (Å²) >= 11 is 0. The molecule has 0 N–H and O–H groups in total. The zero-order valence-corrected chi connectivity index (χ0v) is 11.3. The van der Waals surface area contributed by atoms with Crippen LogP contribution in [0.3, 0.4) is 0 Å². The molecule has 1 rings (SSSR count). The van der Waals surface area contributed by atoms with Gasteiger partial charge in [0.25, 0.3) is 0 Å². The van der Waals surface area contributed by atoms with Gasteiger partial charge in [-0.25, -0.2) is 4.79 Å². The highest BCUT2D eigenvalue weighted by Gasteiger charge is 2.13. The molecule has 0 bridgehead atoms. The smallest absolute Gasteiger partial charge is 0.338 e. The van der Waals surface area contributed by atoms with Crippen molar-refractivity contribution in [2.75, 3.05) is 7.11 Å². The molecule has 0 saturated heterocycles. The first-order valence-electron chi connectivity index (χ1n) is 6.03. The number of ether oxygens (including phenoxy) is 1. The van der Waals surface area contributed by atoms with Gasteiger partial charge in [-0.1, -0.05) is 25.5 Å². The molecule has 5 nitrogen and oxygen atoms in total. The van der Waals surface area contributed by atoms with Gasteiger partial charge in [0, 0.05) is 13.0 Å². The van der Waals surface area contributed by atoms with E-state index in [9.17, 15) is 14.9 Å². The number of carbonyl (C=O) groups excluding carboxylic acids is 1. The van der Waals surface area contributed by atoms with Crippen LogP contribution in [0.1, 0.15) is 41.8 Å². The van der Waals surface area contributed by atoms with Crippen molar-refractivity contribution in [2.24, 2.45) is 0 Å². The number of rotatable bonds is 5. The number of nitrogens with zero attached hydrogens (tertiary/aromatic N) is 1. The maximum absolute atomic E-state index is 11.7. The van der Waals surface area contributed by atoms with Crippen molar-refractivity contribution in [3.63, 3.8) is 0 Å². The van der Waals surface area contributed by atoms with Gasteiger partial charge in [-0.2, -0.15) is 0 Å². The lowest BCUT2D eigenvalue weighted by Crippen LogP contribution is -2.05. The van der Waals surface area contributed by atoms with Gasteiger partial charge in [0.2, 0.25) is 5.70 Å². The minimum Gasteiger partial charge on any atom is -0.465 e. The highest BCUT2D eigenvalue weighted by atomic mass is 16.6. The van der Waals surface area contributed by atoms with Crippen molar-refractivity contribution in [3.05, 3.63) is 50.7 Å². The predicted octanol–water partition coefficient (Wildman–Crippen LogP) is 3.06. The van der Waals surface area contributed by atoms with E-state index >= 15 is 0 Å². The van der Waals surface area contributed by atoms with Gasteiger partial charge >= 0.3 is 5.97 Å². The van der Waals surface area contributed by atoms with Gasteiger partial charge in [0.15, 0.2) is 0 Å². The van der Waals surface area contributed by atoms with Crippen LogP contribution in [0.25, 0.3) is 6.08 Å². The number of carbonyl (C=O) groups is 1. The van der Waals surface area contributed by atoms with Crippen molar-refractivity contribution in [3.8, 4) is 0 Å². The van der Waals surface area contributed by atoms with Crippen molar-refractivity contribution >= 4 is 12.0 Å². The monoisotopic (exact) mass is 263 g/mol. The lowest BCUT2D eigenvalue weighted by Gasteiger charge is -2.07. The Kier molecular flexibility index (Phi) is 5.23. The SMILES string of the molecule is CCCc1ccc(/C=C(\C)[N+](=O)[O-])c(C(=O)OC)c1. The molecule has 102 valence electrons. The first-order chi connectivity index (χ1) is 8.99. The van der Waals surface area contributed by atoms with Gasteiger partial charge < -0.3 is 4.74 Å². The van der Waals surface area contributed by atoms with Crippen LogP contribution in [0.15, 0.2) is 23.9 Å². The lowest BCUT2D eigenvalue weighted by molar-refractivity contribution is -0.422. The molecule has 0 aliphatic heterocycles. The van der Waals surface area contributed by atoms with E-state index < -0.39 is 10.9 Å². The largest absolute Gasteiger partial charge is 0.465 e. The number of esters is 1. The van der Waals surface area contributed by atoms with E-state index in [1.54, 1.807) is 12.1 Å². The molecule has 0 aromatic heterocycles. The predicted molar refractivity (Wildman–Crippen MR) is 72.4 cm³/mol. The molecule has 1 aromatic rings. The summed E-state index contributed by atoms with van der Waals surface area (Å²) in [7, 11) is 1.29. The normalized spacial score (nSPS) is 11.2. The molecule has 5 heteroatoms. The van der Waals surface area contributed by atoms with Crippen LogP contribution < -0.4 is 0 Å². The second-order valence-electron chi connectivity index (χ2n) is 4.21. The lowest BCUT2D eigenvalue weighted by atomic mass is 10.0. The maximum atomic E-state index is 11.7. The average molecular weight is 263 g/mol. The third-order valence-electron chi connectivity index (χ3n) is 2.71. The number of nitro groups is 1. The average Bonchev–Trinajstić information content (AvgIpc) is 2.39. The number of methoxy groups -OCH3 is 1. The van der Waals surface area contributed by atoms with Crippen LogP contribution in [0, 0.1) is 10.1 Å². The number of hydrogen-bond acceptors (Lipinski definition) is 4. The first kappa shape index (κ1) is 14.9.